The van der Waals surface area contributed by atoms with Crippen LogP contribution in [0.2, 0.25) is 0 Å². The molecule has 0 aliphatic heterocycles. The molecule has 0 saturated carbocycles. The number of sulfonamides is 1. The molecule has 4 aromatic carbocycles. The number of carbonyl (C=O) groups is 1. The van der Waals surface area contributed by atoms with Crippen molar-refractivity contribution in [3.05, 3.63) is 114 Å². The number of benzene rings is 4. The van der Waals surface area contributed by atoms with Crippen LogP contribution in [-0.4, -0.2) is 24.3 Å². The van der Waals surface area contributed by atoms with Crippen LogP contribution >= 0.6 is 0 Å². The lowest BCUT2D eigenvalue weighted by atomic mass is 10.1. The van der Waals surface area contributed by atoms with Crippen LogP contribution in [0.25, 0.3) is 28.5 Å². The monoisotopic (exact) mass is 562 g/mol. The summed E-state index contributed by atoms with van der Waals surface area (Å²) in [7, 11) is -4.13. The molecule has 0 radical (unpaired) electrons. The van der Waals surface area contributed by atoms with Crippen molar-refractivity contribution in [2.24, 2.45) is 0 Å². The van der Waals surface area contributed by atoms with E-state index in [-0.39, 0.29) is 10.6 Å². The molecular weight excluding hydrogens is 541 g/mol. The molecule has 3 N–H and O–H groups in total. The first-order chi connectivity index (χ1) is 19.1. The van der Waals surface area contributed by atoms with Gasteiger partial charge >= 0.3 is 6.18 Å². The first-order valence-corrected chi connectivity index (χ1v) is 13.4. The van der Waals surface area contributed by atoms with Gasteiger partial charge in [0.1, 0.15) is 5.82 Å². The maximum absolute atomic E-state index is 12.8. The Morgan fingerprint density at radius 2 is 1.60 bits per heavy atom. The van der Waals surface area contributed by atoms with Crippen LogP contribution in [0.5, 0.6) is 0 Å². The zero-order chi connectivity index (χ0) is 28.3. The molecule has 202 valence electrons. The fraction of sp³-hybridized carbons (Fsp3) is 0.0345. The van der Waals surface area contributed by atoms with E-state index in [4.69, 9.17) is 0 Å². The topological polar surface area (TPSA) is 104 Å². The number of aromatic amines is 1. The highest BCUT2D eigenvalue weighted by Crippen LogP contribution is 2.30. The lowest BCUT2D eigenvalue weighted by Crippen LogP contribution is -2.13. The third kappa shape index (κ3) is 6.05. The van der Waals surface area contributed by atoms with Gasteiger partial charge in [0.15, 0.2) is 0 Å². The van der Waals surface area contributed by atoms with E-state index in [1.807, 2.05) is 36.4 Å². The van der Waals surface area contributed by atoms with Crippen molar-refractivity contribution in [1.29, 1.82) is 0 Å². The van der Waals surface area contributed by atoms with Crippen LogP contribution in [0.1, 0.15) is 11.1 Å². The Labute approximate surface area is 227 Å². The maximum Gasteiger partial charge on any atom is 0.416 e. The van der Waals surface area contributed by atoms with Gasteiger partial charge in [-0.1, -0.05) is 36.4 Å². The van der Waals surface area contributed by atoms with Crippen molar-refractivity contribution in [3.63, 3.8) is 0 Å². The molecule has 0 bridgehead atoms. The van der Waals surface area contributed by atoms with Gasteiger partial charge in [0.2, 0.25) is 5.91 Å². The molecule has 0 spiro atoms. The van der Waals surface area contributed by atoms with E-state index < -0.39 is 27.7 Å². The number of fused-ring (bicyclic) bond motifs is 1. The normalized spacial score (nSPS) is 12.1. The van der Waals surface area contributed by atoms with E-state index in [1.54, 1.807) is 24.3 Å². The Morgan fingerprint density at radius 3 is 2.35 bits per heavy atom. The number of nitrogens with one attached hydrogen (secondary N) is 3. The number of amides is 1. The third-order valence-electron chi connectivity index (χ3n) is 5.89. The lowest BCUT2D eigenvalue weighted by Gasteiger charge is -2.11. The zero-order valence-electron chi connectivity index (χ0n) is 20.6. The van der Waals surface area contributed by atoms with Crippen LogP contribution in [-0.2, 0) is 21.0 Å². The van der Waals surface area contributed by atoms with Crippen molar-refractivity contribution in [1.82, 2.24) is 9.97 Å². The summed E-state index contributed by atoms with van der Waals surface area (Å²) in [6, 6.07) is 24.2. The van der Waals surface area contributed by atoms with Crippen molar-refractivity contribution < 1.29 is 26.4 Å². The number of aromatic nitrogens is 2. The summed E-state index contributed by atoms with van der Waals surface area (Å²) in [6.07, 6.45) is -1.76. The van der Waals surface area contributed by atoms with E-state index >= 15 is 0 Å². The second-order valence-corrected chi connectivity index (χ2v) is 10.4. The van der Waals surface area contributed by atoms with Crippen molar-refractivity contribution in [2.45, 2.75) is 11.1 Å². The van der Waals surface area contributed by atoms with Crippen LogP contribution in [0, 0.1) is 0 Å². The molecule has 0 atom stereocenters. The number of rotatable bonds is 7. The molecule has 0 saturated heterocycles. The van der Waals surface area contributed by atoms with Gasteiger partial charge in [-0.25, -0.2) is 13.4 Å². The second-order valence-electron chi connectivity index (χ2n) is 8.72. The number of anilines is 2. The Hall–Kier alpha value is -4.90. The number of hydrogen-bond donors (Lipinski definition) is 3. The van der Waals surface area contributed by atoms with Gasteiger partial charge in [0.25, 0.3) is 10.0 Å². The zero-order valence-corrected chi connectivity index (χ0v) is 21.4. The highest BCUT2D eigenvalue weighted by Gasteiger charge is 2.30. The van der Waals surface area contributed by atoms with Gasteiger partial charge in [0, 0.05) is 17.3 Å². The minimum Gasteiger partial charge on any atom is -0.338 e. The SMILES string of the molecule is O=C(/C=C/c1cccc(NS(=O)(=O)c2ccc(C(F)(F)F)cc2)c1)Nc1ccccc1-c1nc2ccccc2[nH]1. The van der Waals surface area contributed by atoms with Crippen LogP contribution in [0.3, 0.4) is 0 Å². The van der Waals surface area contributed by atoms with E-state index in [0.29, 0.717) is 34.8 Å². The summed E-state index contributed by atoms with van der Waals surface area (Å²) < 4.78 is 66.1. The van der Waals surface area contributed by atoms with E-state index in [2.05, 4.69) is 20.0 Å². The van der Waals surface area contributed by atoms with Crippen molar-refractivity contribution >= 4 is 44.4 Å². The summed E-state index contributed by atoms with van der Waals surface area (Å²) in [4.78, 5) is 20.2. The standard InChI is InChI=1S/C29H21F3N4O3S/c30-29(31,32)20-13-15-22(16-14-20)40(38,39)36-21-7-5-6-19(18-21)12-17-27(37)33-24-9-2-1-8-23(24)28-34-25-10-3-4-11-26(25)35-28/h1-18,36H,(H,33,37)(H,34,35)/b17-12+. The van der Waals surface area contributed by atoms with E-state index in [9.17, 15) is 26.4 Å². The van der Waals surface area contributed by atoms with E-state index in [1.165, 1.54) is 24.3 Å². The molecule has 0 fully saturated rings. The third-order valence-corrected chi connectivity index (χ3v) is 7.28. The number of para-hydroxylation sites is 3. The summed E-state index contributed by atoms with van der Waals surface area (Å²) in [6.45, 7) is 0. The van der Waals surface area contributed by atoms with Crippen LogP contribution in [0.15, 0.2) is 108 Å². The van der Waals surface area contributed by atoms with E-state index in [0.717, 1.165) is 23.2 Å². The number of imidazole rings is 1. The van der Waals surface area contributed by atoms with Gasteiger partial charge in [-0.05, 0) is 72.3 Å². The molecular formula is C29H21F3N4O3S. The van der Waals surface area contributed by atoms with Crippen LogP contribution < -0.4 is 10.0 Å². The predicted molar refractivity (Wildman–Crippen MR) is 148 cm³/mol. The number of nitrogens with zero attached hydrogens (tertiary/aromatic N) is 1. The molecule has 0 aliphatic rings. The van der Waals surface area contributed by atoms with Crippen molar-refractivity contribution in [3.8, 4) is 11.4 Å². The summed E-state index contributed by atoms with van der Waals surface area (Å²) in [5.74, 6) is 0.188. The van der Waals surface area contributed by atoms with Gasteiger partial charge < -0.3 is 10.3 Å². The Kier molecular flexibility index (Phi) is 7.14. The Bertz CT molecular complexity index is 1800. The smallest absolute Gasteiger partial charge is 0.338 e. The van der Waals surface area contributed by atoms with Gasteiger partial charge in [-0.15, -0.1) is 0 Å². The second kappa shape index (κ2) is 10.7. The quantitative estimate of drug-likeness (QED) is 0.192. The number of alkyl halides is 3. The average molecular weight is 563 g/mol. The fourth-order valence-electron chi connectivity index (χ4n) is 3.97. The minimum absolute atomic E-state index is 0.178. The summed E-state index contributed by atoms with van der Waals surface area (Å²) in [5, 5.41) is 2.84. The predicted octanol–water partition coefficient (Wildman–Crippen LogP) is 6.70. The molecule has 0 aliphatic carbocycles. The van der Waals surface area contributed by atoms with Crippen LogP contribution in [0.4, 0.5) is 24.5 Å². The lowest BCUT2D eigenvalue weighted by molar-refractivity contribution is -0.137. The molecule has 5 aromatic rings. The molecule has 1 heterocycles. The Morgan fingerprint density at radius 1 is 0.875 bits per heavy atom. The largest absolute Gasteiger partial charge is 0.416 e. The number of halogens is 3. The Balaban J connectivity index is 1.28. The molecule has 0 unspecified atom stereocenters. The molecule has 7 nitrogen and oxygen atoms in total. The first kappa shape index (κ1) is 26.7. The minimum atomic E-state index is -4.57. The molecule has 5 rings (SSSR count). The molecule has 1 aromatic heterocycles. The average Bonchev–Trinajstić information content (AvgIpc) is 3.36. The fourth-order valence-corrected chi connectivity index (χ4v) is 5.02. The van der Waals surface area contributed by atoms with Gasteiger partial charge in [-0.2, -0.15) is 13.2 Å². The number of carbonyl (C=O) groups excluding carboxylic acids is 1. The first-order valence-electron chi connectivity index (χ1n) is 11.9. The van der Waals surface area contributed by atoms with Gasteiger partial charge in [-0.3, -0.25) is 9.52 Å². The molecule has 40 heavy (non-hydrogen) atoms. The summed E-state index contributed by atoms with van der Waals surface area (Å²) in [5.41, 5.74) is 2.68. The number of H-pyrrole nitrogens is 1. The summed E-state index contributed by atoms with van der Waals surface area (Å²) >= 11 is 0. The van der Waals surface area contributed by atoms with Gasteiger partial charge in [0.05, 0.1) is 27.2 Å². The highest BCUT2D eigenvalue weighted by atomic mass is 32.2. The molecule has 1 amide bonds. The van der Waals surface area contributed by atoms with Crippen molar-refractivity contribution in [2.75, 3.05) is 10.0 Å². The highest BCUT2D eigenvalue weighted by molar-refractivity contribution is 7.92. The maximum atomic E-state index is 12.8. The number of hydrogen-bond acceptors (Lipinski definition) is 4. The molecule has 11 heteroatoms.